The molecule has 4 nitrogen and oxygen atoms in total. The summed E-state index contributed by atoms with van der Waals surface area (Å²) in [5.41, 5.74) is 7.02. The summed E-state index contributed by atoms with van der Waals surface area (Å²) in [5, 5.41) is 3.31. The van der Waals surface area contributed by atoms with Crippen molar-refractivity contribution in [1.82, 2.24) is 9.88 Å². The number of aromatic nitrogens is 1. The van der Waals surface area contributed by atoms with Crippen molar-refractivity contribution >= 4 is 17.3 Å². The molecule has 0 atom stereocenters. The smallest absolute Gasteiger partial charge is 0.191 e. The van der Waals surface area contributed by atoms with E-state index < -0.39 is 0 Å². The van der Waals surface area contributed by atoms with Crippen molar-refractivity contribution in [3.8, 4) is 0 Å². The van der Waals surface area contributed by atoms with Crippen molar-refractivity contribution in [2.45, 2.75) is 33.6 Å². The molecule has 0 spiro atoms. The van der Waals surface area contributed by atoms with Crippen molar-refractivity contribution in [3.63, 3.8) is 0 Å². The first-order valence-corrected chi connectivity index (χ1v) is 7.07. The summed E-state index contributed by atoms with van der Waals surface area (Å²) >= 11 is 1.72. The molecule has 1 aromatic heterocycles. The number of aliphatic imine (C=N–C) groups is 1. The Morgan fingerprint density at radius 1 is 1.41 bits per heavy atom. The van der Waals surface area contributed by atoms with Gasteiger partial charge in [0.15, 0.2) is 5.96 Å². The Morgan fingerprint density at radius 3 is 2.65 bits per heavy atom. The average molecular weight is 254 g/mol. The monoisotopic (exact) mass is 254 g/mol. The lowest BCUT2D eigenvalue weighted by molar-refractivity contribution is 0.458. The molecule has 0 aliphatic rings. The Labute approximate surface area is 108 Å². The molecule has 0 bridgehead atoms. The van der Waals surface area contributed by atoms with Crippen LogP contribution in [0.1, 0.15) is 31.5 Å². The molecular weight excluding hydrogens is 232 g/mol. The van der Waals surface area contributed by atoms with E-state index >= 15 is 0 Å². The van der Waals surface area contributed by atoms with Crippen LogP contribution in [0.15, 0.2) is 10.4 Å². The van der Waals surface area contributed by atoms with Crippen LogP contribution in [0.2, 0.25) is 0 Å². The second kappa shape index (κ2) is 7.27. The molecule has 0 radical (unpaired) electrons. The highest BCUT2D eigenvalue weighted by molar-refractivity contribution is 7.09. The van der Waals surface area contributed by atoms with Gasteiger partial charge in [-0.05, 0) is 20.3 Å². The van der Waals surface area contributed by atoms with Crippen LogP contribution in [0.4, 0.5) is 0 Å². The van der Waals surface area contributed by atoms with Gasteiger partial charge < -0.3 is 10.6 Å². The minimum absolute atomic E-state index is 0.640. The van der Waals surface area contributed by atoms with Crippen molar-refractivity contribution in [2.24, 2.45) is 10.7 Å². The molecule has 1 rings (SSSR count). The number of hydrogen-bond donors (Lipinski definition) is 1. The molecule has 0 saturated carbocycles. The maximum absolute atomic E-state index is 5.89. The maximum Gasteiger partial charge on any atom is 0.191 e. The summed E-state index contributed by atoms with van der Waals surface area (Å²) in [6.45, 7) is 8.82. The van der Waals surface area contributed by atoms with E-state index in [9.17, 15) is 0 Å². The van der Waals surface area contributed by atoms with Crippen LogP contribution in [0.5, 0.6) is 0 Å². The zero-order chi connectivity index (χ0) is 12.7. The molecule has 0 fully saturated rings. The van der Waals surface area contributed by atoms with E-state index in [4.69, 9.17) is 5.73 Å². The summed E-state index contributed by atoms with van der Waals surface area (Å²) in [7, 11) is 0. The van der Waals surface area contributed by atoms with Gasteiger partial charge in [-0.15, -0.1) is 11.3 Å². The first kappa shape index (κ1) is 14.0. The highest BCUT2D eigenvalue weighted by Crippen LogP contribution is 2.10. The molecule has 5 heteroatoms. The van der Waals surface area contributed by atoms with Gasteiger partial charge in [0, 0.05) is 31.4 Å². The molecule has 0 aliphatic carbocycles. The maximum atomic E-state index is 5.89. The zero-order valence-electron chi connectivity index (χ0n) is 10.9. The van der Waals surface area contributed by atoms with E-state index in [-0.39, 0.29) is 0 Å². The van der Waals surface area contributed by atoms with Gasteiger partial charge in [0.1, 0.15) is 0 Å². The Balaban J connectivity index is 2.42. The van der Waals surface area contributed by atoms with Gasteiger partial charge in [0.05, 0.1) is 10.7 Å². The van der Waals surface area contributed by atoms with E-state index in [1.54, 1.807) is 11.3 Å². The number of thiazole rings is 1. The number of aryl methyl sites for hydroxylation is 1. The number of guanidine groups is 1. The molecule has 0 aromatic carbocycles. The number of rotatable bonds is 6. The second-order valence-corrected chi connectivity index (χ2v) is 4.69. The third-order valence-corrected chi connectivity index (χ3v) is 3.67. The Bertz CT molecular complexity index is 355. The van der Waals surface area contributed by atoms with Crippen molar-refractivity contribution in [1.29, 1.82) is 0 Å². The summed E-state index contributed by atoms with van der Waals surface area (Å²) in [4.78, 5) is 10.9. The van der Waals surface area contributed by atoms with Crippen LogP contribution in [-0.4, -0.2) is 35.5 Å². The van der Waals surface area contributed by atoms with E-state index in [2.05, 4.69) is 41.0 Å². The first-order valence-electron chi connectivity index (χ1n) is 6.19. The fraction of sp³-hybridized carbons (Fsp3) is 0.667. The zero-order valence-corrected chi connectivity index (χ0v) is 11.8. The number of nitrogens with two attached hydrogens (primary N) is 1. The van der Waals surface area contributed by atoms with Gasteiger partial charge in [-0.2, -0.15) is 0 Å². The van der Waals surface area contributed by atoms with E-state index in [0.717, 1.165) is 38.2 Å². The van der Waals surface area contributed by atoms with Crippen LogP contribution in [0, 0.1) is 0 Å². The molecule has 2 N–H and O–H groups in total. The third kappa shape index (κ3) is 4.34. The van der Waals surface area contributed by atoms with E-state index in [1.807, 2.05) is 0 Å². The summed E-state index contributed by atoms with van der Waals surface area (Å²) in [6.07, 6.45) is 1.88. The Morgan fingerprint density at radius 2 is 2.12 bits per heavy atom. The number of nitrogens with zero attached hydrogens (tertiary/aromatic N) is 3. The highest BCUT2D eigenvalue weighted by Gasteiger charge is 2.02. The van der Waals surface area contributed by atoms with E-state index in [1.165, 1.54) is 5.01 Å². The topological polar surface area (TPSA) is 54.5 Å². The lowest BCUT2D eigenvalue weighted by Gasteiger charge is -2.19. The average Bonchev–Trinajstić information content (AvgIpc) is 2.78. The van der Waals surface area contributed by atoms with Crippen LogP contribution in [0.25, 0.3) is 0 Å². The minimum Gasteiger partial charge on any atom is -0.370 e. The standard InChI is InChI=1S/C12H22N4S/c1-4-11-15-10(9-17-11)7-8-14-12(13)16(5-2)6-3/h9H,4-8H2,1-3H3,(H2,13,14). The van der Waals surface area contributed by atoms with Gasteiger partial charge in [-0.3, -0.25) is 4.99 Å². The highest BCUT2D eigenvalue weighted by atomic mass is 32.1. The SMILES string of the molecule is CCc1nc(CCN=C(N)N(CC)CC)cs1. The summed E-state index contributed by atoms with van der Waals surface area (Å²) in [6, 6.07) is 0. The lowest BCUT2D eigenvalue weighted by atomic mass is 10.3. The van der Waals surface area contributed by atoms with Crippen molar-refractivity contribution < 1.29 is 0 Å². The van der Waals surface area contributed by atoms with Crippen LogP contribution >= 0.6 is 11.3 Å². The van der Waals surface area contributed by atoms with Crippen molar-refractivity contribution in [2.75, 3.05) is 19.6 Å². The van der Waals surface area contributed by atoms with E-state index in [0.29, 0.717) is 5.96 Å². The molecule has 0 aliphatic heterocycles. The largest absolute Gasteiger partial charge is 0.370 e. The lowest BCUT2D eigenvalue weighted by Crippen LogP contribution is -2.37. The summed E-state index contributed by atoms with van der Waals surface area (Å²) < 4.78 is 0. The first-order chi connectivity index (χ1) is 8.21. The van der Waals surface area contributed by atoms with Crippen LogP contribution < -0.4 is 5.73 Å². The third-order valence-electron chi connectivity index (χ3n) is 2.63. The van der Waals surface area contributed by atoms with Crippen LogP contribution in [-0.2, 0) is 12.8 Å². The van der Waals surface area contributed by atoms with Gasteiger partial charge in [0.2, 0.25) is 0 Å². The Kier molecular flexibility index (Phi) is 5.97. The van der Waals surface area contributed by atoms with Crippen LogP contribution in [0.3, 0.4) is 0 Å². The Hall–Kier alpha value is -1.10. The molecule has 0 saturated heterocycles. The predicted octanol–water partition coefficient (Wildman–Crippen LogP) is 1.90. The molecule has 1 aromatic rings. The summed E-state index contributed by atoms with van der Waals surface area (Å²) in [5.74, 6) is 0.640. The fourth-order valence-electron chi connectivity index (χ4n) is 1.56. The van der Waals surface area contributed by atoms with Gasteiger partial charge in [-0.25, -0.2) is 4.98 Å². The molecule has 96 valence electrons. The quantitative estimate of drug-likeness (QED) is 0.623. The molecule has 1 heterocycles. The molecule has 17 heavy (non-hydrogen) atoms. The minimum atomic E-state index is 0.640. The normalized spacial score (nSPS) is 11.8. The van der Waals surface area contributed by atoms with Gasteiger partial charge in [0.25, 0.3) is 0 Å². The molecule has 0 unspecified atom stereocenters. The van der Waals surface area contributed by atoms with Gasteiger partial charge >= 0.3 is 0 Å². The number of hydrogen-bond acceptors (Lipinski definition) is 3. The molecular formula is C12H22N4S. The fourth-order valence-corrected chi connectivity index (χ4v) is 2.34. The molecule has 0 amide bonds. The van der Waals surface area contributed by atoms with Crippen molar-refractivity contribution in [3.05, 3.63) is 16.1 Å². The second-order valence-electron chi connectivity index (χ2n) is 3.75. The predicted molar refractivity (Wildman–Crippen MR) is 74.6 cm³/mol. The van der Waals surface area contributed by atoms with Gasteiger partial charge in [-0.1, -0.05) is 6.92 Å².